The Balaban J connectivity index is 2.00. The number of carbonyl (C=O) groups is 1. The SMILES string of the molecule is C=C(C)C(=O)OC1CCCC(c2cc(N)cc(N)c2)CC1. The molecular formula is C17H24N2O2. The van der Waals surface area contributed by atoms with E-state index in [1.165, 1.54) is 5.56 Å². The number of hydrogen-bond donors (Lipinski definition) is 2. The molecule has 4 N–H and O–H groups in total. The van der Waals surface area contributed by atoms with Crippen molar-refractivity contribution < 1.29 is 9.53 Å². The molecule has 0 heterocycles. The first-order chi connectivity index (χ1) is 9.95. The number of hydrogen-bond acceptors (Lipinski definition) is 4. The summed E-state index contributed by atoms with van der Waals surface area (Å²) in [5, 5.41) is 0. The number of carbonyl (C=O) groups excluding carboxylic acids is 1. The van der Waals surface area contributed by atoms with Gasteiger partial charge in [-0.2, -0.15) is 0 Å². The van der Waals surface area contributed by atoms with E-state index in [-0.39, 0.29) is 12.1 Å². The van der Waals surface area contributed by atoms with Crippen LogP contribution < -0.4 is 11.5 Å². The molecule has 21 heavy (non-hydrogen) atoms. The minimum atomic E-state index is -0.286. The number of nitrogen functional groups attached to an aromatic ring is 2. The number of ether oxygens (including phenoxy) is 1. The fourth-order valence-electron chi connectivity index (χ4n) is 2.91. The highest BCUT2D eigenvalue weighted by atomic mass is 16.5. The van der Waals surface area contributed by atoms with Gasteiger partial charge in [0.15, 0.2) is 0 Å². The van der Waals surface area contributed by atoms with Crippen LogP contribution >= 0.6 is 0 Å². The van der Waals surface area contributed by atoms with Crippen molar-refractivity contribution in [2.75, 3.05) is 11.5 Å². The molecule has 1 aromatic rings. The molecule has 0 saturated heterocycles. The van der Waals surface area contributed by atoms with Crippen molar-refractivity contribution in [1.82, 2.24) is 0 Å². The number of rotatable bonds is 3. The standard InChI is InChI=1S/C17H24N2O2/c1-11(2)17(20)21-16-5-3-4-12(6-7-16)13-8-14(18)10-15(19)9-13/h8-10,12,16H,1,3-7,18-19H2,2H3. The summed E-state index contributed by atoms with van der Waals surface area (Å²) in [5.41, 5.74) is 14.8. The number of esters is 1. The van der Waals surface area contributed by atoms with Crippen LogP contribution in [-0.4, -0.2) is 12.1 Å². The Morgan fingerprint density at radius 1 is 1.14 bits per heavy atom. The van der Waals surface area contributed by atoms with Gasteiger partial charge in [0.2, 0.25) is 0 Å². The van der Waals surface area contributed by atoms with E-state index in [4.69, 9.17) is 16.2 Å². The van der Waals surface area contributed by atoms with Gasteiger partial charge >= 0.3 is 5.97 Å². The lowest BCUT2D eigenvalue weighted by molar-refractivity contribution is -0.144. The third-order valence-electron chi connectivity index (χ3n) is 4.01. The third kappa shape index (κ3) is 4.25. The van der Waals surface area contributed by atoms with E-state index in [1.54, 1.807) is 13.0 Å². The van der Waals surface area contributed by atoms with Crippen LogP contribution in [0.1, 0.15) is 50.5 Å². The van der Waals surface area contributed by atoms with E-state index in [0.717, 1.165) is 32.1 Å². The first-order valence-corrected chi connectivity index (χ1v) is 7.48. The van der Waals surface area contributed by atoms with Crippen LogP contribution in [0.5, 0.6) is 0 Å². The molecule has 2 atom stereocenters. The summed E-state index contributed by atoms with van der Waals surface area (Å²) < 4.78 is 5.48. The quantitative estimate of drug-likeness (QED) is 0.387. The molecule has 4 nitrogen and oxygen atoms in total. The maximum absolute atomic E-state index is 11.6. The van der Waals surface area contributed by atoms with Crippen LogP contribution in [0.3, 0.4) is 0 Å². The summed E-state index contributed by atoms with van der Waals surface area (Å²) in [6.07, 6.45) is 4.87. The maximum Gasteiger partial charge on any atom is 0.333 e. The Labute approximate surface area is 126 Å². The van der Waals surface area contributed by atoms with Gasteiger partial charge in [-0.1, -0.05) is 6.58 Å². The van der Waals surface area contributed by atoms with Gasteiger partial charge in [0, 0.05) is 16.9 Å². The summed E-state index contributed by atoms with van der Waals surface area (Å²) >= 11 is 0. The van der Waals surface area contributed by atoms with Crippen LogP contribution in [0.15, 0.2) is 30.4 Å². The Morgan fingerprint density at radius 2 is 1.81 bits per heavy atom. The van der Waals surface area contributed by atoms with Gasteiger partial charge in [0.05, 0.1) is 0 Å². The van der Waals surface area contributed by atoms with Crippen LogP contribution in [-0.2, 0) is 9.53 Å². The van der Waals surface area contributed by atoms with Crippen molar-refractivity contribution in [3.05, 3.63) is 35.9 Å². The molecular weight excluding hydrogens is 264 g/mol. The minimum Gasteiger partial charge on any atom is -0.459 e. The summed E-state index contributed by atoms with van der Waals surface area (Å²) in [5.74, 6) is 0.149. The average molecular weight is 288 g/mol. The first kappa shape index (κ1) is 15.4. The van der Waals surface area contributed by atoms with Gasteiger partial charge in [-0.3, -0.25) is 0 Å². The second-order valence-corrected chi connectivity index (χ2v) is 5.95. The smallest absolute Gasteiger partial charge is 0.333 e. The van der Waals surface area contributed by atoms with Crippen molar-refractivity contribution >= 4 is 17.3 Å². The molecule has 1 saturated carbocycles. The molecule has 2 unspecified atom stereocenters. The zero-order valence-corrected chi connectivity index (χ0v) is 12.6. The number of nitrogens with two attached hydrogens (primary N) is 2. The zero-order valence-electron chi connectivity index (χ0n) is 12.6. The minimum absolute atomic E-state index is 0.00222. The van der Waals surface area contributed by atoms with E-state index in [9.17, 15) is 4.79 Å². The molecule has 0 amide bonds. The van der Waals surface area contributed by atoms with Gasteiger partial charge < -0.3 is 16.2 Å². The van der Waals surface area contributed by atoms with E-state index in [0.29, 0.717) is 22.9 Å². The van der Waals surface area contributed by atoms with Crippen molar-refractivity contribution in [2.24, 2.45) is 0 Å². The van der Waals surface area contributed by atoms with E-state index >= 15 is 0 Å². The lowest BCUT2D eigenvalue weighted by Gasteiger charge is -2.17. The van der Waals surface area contributed by atoms with Gasteiger partial charge in [-0.05, 0) is 68.7 Å². The topological polar surface area (TPSA) is 78.3 Å². The number of anilines is 2. The molecule has 0 bridgehead atoms. The lowest BCUT2D eigenvalue weighted by Crippen LogP contribution is -2.17. The molecule has 1 fully saturated rings. The second kappa shape index (κ2) is 6.66. The van der Waals surface area contributed by atoms with Gasteiger partial charge in [0.1, 0.15) is 6.10 Å². The fraction of sp³-hybridized carbons (Fsp3) is 0.471. The molecule has 4 heteroatoms. The predicted molar refractivity (Wildman–Crippen MR) is 85.8 cm³/mol. The number of benzene rings is 1. The molecule has 1 aliphatic rings. The Kier molecular flexibility index (Phi) is 4.89. The molecule has 0 spiro atoms. The highest BCUT2D eigenvalue weighted by Crippen LogP contribution is 2.34. The second-order valence-electron chi connectivity index (χ2n) is 5.95. The monoisotopic (exact) mass is 288 g/mol. The summed E-state index contributed by atoms with van der Waals surface area (Å²) in [6.45, 7) is 5.30. The first-order valence-electron chi connectivity index (χ1n) is 7.48. The molecule has 2 rings (SSSR count). The van der Waals surface area contributed by atoms with Crippen LogP contribution in [0.4, 0.5) is 11.4 Å². The average Bonchev–Trinajstić information content (AvgIpc) is 2.63. The van der Waals surface area contributed by atoms with E-state index < -0.39 is 0 Å². The van der Waals surface area contributed by atoms with Crippen molar-refractivity contribution in [3.8, 4) is 0 Å². The van der Waals surface area contributed by atoms with Gasteiger partial charge in [-0.25, -0.2) is 4.79 Å². The van der Waals surface area contributed by atoms with Crippen molar-refractivity contribution in [2.45, 2.75) is 51.0 Å². The third-order valence-corrected chi connectivity index (χ3v) is 4.01. The summed E-state index contributed by atoms with van der Waals surface area (Å²) in [4.78, 5) is 11.6. The Bertz CT molecular complexity index is 519. The van der Waals surface area contributed by atoms with Gasteiger partial charge in [0.25, 0.3) is 0 Å². The van der Waals surface area contributed by atoms with Crippen LogP contribution in [0.2, 0.25) is 0 Å². The Morgan fingerprint density at radius 3 is 2.43 bits per heavy atom. The molecule has 0 aromatic heterocycles. The predicted octanol–water partition coefficient (Wildman–Crippen LogP) is 3.39. The molecule has 0 aliphatic heterocycles. The maximum atomic E-state index is 11.6. The molecule has 1 aliphatic carbocycles. The normalized spacial score (nSPS) is 22.3. The summed E-state index contributed by atoms with van der Waals surface area (Å²) in [7, 11) is 0. The van der Waals surface area contributed by atoms with Crippen LogP contribution in [0.25, 0.3) is 0 Å². The van der Waals surface area contributed by atoms with Crippen molar-refractivity contribution in [3.63, 3.8) is 0 Å². The molecule has 114 valence electrons. The van der Waals surface area contributed by atoms with E-state index in [2.05, 4.69) is 6.58 Å². The van der Waals surface area contributed by atoms with Crippen LogP contribution in [0, 0.1) is 0 Å². The molecule has 1 aromatic carbocycles. The highest BCUT2D eigenvalue weighted by molar-refractivity contribution is 5.87. The van der Waals surface area contributed by atoms with Crippen molar-refractivity contribution in [1.29, 1.82) is 0 Å². The van der Waals surface area contributed by atoms with E-state index in [1.807, 2.05) is 12.1 Å². The largest absolute Gasteiger partial charge is 0.459 e. The fourth-order valence-corrected chi connectivity index (χ4v) is 2.91. The van der Waals surface area contributed by atoms with Gasteiger partial charge in [-0.15, -0.1) is 0 Å². The Hall–Kier alpha value is -1.97. The lowest BCUT2D eigenvalue weighted by atomic mass is 9.91. The molecule has 0 radical (unpaired) electrons. The highest BCUT2D eigenvalue weighted by Gasteiger charge is 2.23. The zero-order chi connectivity index (χ0) is 15.4. The summed E-state index contributed by atoms with van der Waals surface area (Å²) in [6, 6.07) is 5.78.